The van der Waals surface area contributed by atoms with E-state index in [2.05, 4.69) is 0 Å². The van der Waals surface area contributed by atoms with Gasteiger partial charge in [0, 0.05) is 10.9 Å². The van der Waals surface area contributed by atoms with E-state index < -0.39 is 6.03 Å². The van der Waals surface area contributed by atoms with Crippen molar-refractivity contribution in [2.24, 2.45) is 5.73 Å². The van der Waals surface area contributed by atoms with Gasteiger partial charge < -0.3 is 10.2 Å². The van der Waals surface area contributed by atoms with Crippen LogP contribution in [0, 0.1) is 0 Å². The number of para-hydroxylation sites is 1. The van der Waals surface area contributed by atoms with Crippen LogP contribution in [0.5, 0.6) is 0 Å². The Kier molecular flexibility index (Phi) is 5.02. The summed E-state index contributed by atoms with van der Waals surface area (Å²) in [5, 5.41) is 10.6. The van der Waals surface area contributed by atoms with Crippen LogP contribution in [0.15, 0.2) is 34.9 Å². The van der Waals surface area contributed by atoms with Crippen LogP contribution in [0.1, 0.15) is 5.56 Å². The third-order valence-electron chi connectivity index (χ3n) is 2.41. The Labute approximate surface area is 120 Å². The first-order valence-electron chi connectivity index (χ1n) is 4.89. The first-order valence-corrected chi connectivity index (χ1v) is 4.89. The van der Waals surface area contributed by atoms with E-state index in [1.54, 1.807) is 6.26 Å². The molecule has 0 aliphatic rings. The zero-order valence-corrected chi connectivity index (χ0v) is 8.59. The molecule has 5 nitrogen and oxygen atoms in total. The van der Waals surface area contributed by atoms with Crippen molar-refractivity contribution < 1.29 is 14.4 Å². The molecule has 2 aromatic rings. The average molecular weight is 244 g/mol. The summed E-state index contributed by atoms with van der Waals surface area (Å²) >= 11 is 0. The summed E-state index contributed by atoms with van der Waals surface area (Å²) in [6, 6.07) is 6.74. The number of benzene rings is 1. The summed E-state index contributed by atoms with van der Waals surface area (Å²) in [5.74, 6) is 0. The van der Waals surface area contributed by atoms with E-state index in [4.69, 9.17) is 15.4 Å². The predicted octanol–water partition coefficient (Wildman–Crippen LogP) is 1.10. The van der Waals surface area contributed by atoms with Crippen molar-refractivity contribution in [1.29, 1.82) is 0 Å². The van der Waals surface area contributed by atoms with Crippen LogP contribution in [-0.4, -0.2) is 52.4 Å². The van der Waals surface area contributed by atoms with Crippen molar-refractivity contribution in [3.05, 3.63) is 36.1 Å². The van der Waals surface area contributed by atoms with Gasteiger partial charge in [-0.1, -0.05) is 18.2 Å². The maximum absolute atomic E-state index is 10.6. The van der Waals surface area contributed by atoms with Gasteiger partial charge in [-0.15, -0.1) is 0 Å². The van der Waals surface area contributed by atoms with Crippen molar-refractivity contribution in [2.45, 2.75) is 6.42 Å². The molecule has 1 aromatic heterocycles. The SMILES string of the molecule is NC(=O)N(O)CCc1coc2ccccc12.[NaH]. The van der Waals surface area contributed by atoms with Gasteiger partial charge in [0.1, 0.15) is 5.58 Å². The van der Waals surface area contributed by atoms with Crippen molar-refractivity contribution in [2.75, 3.05) is 6.54 Å². The average Bonchev–Trinajstić information content (AvgIpc) is 2.69. The minimum absolute atomic E-state index is 0. The number of primary amides is 1. The fraction of sp³-hybridized carbons (Fsp3) is 0.182. The van der Waals surface area contributed by atoms with E-state index in [1.807, 2.05) is 24.3 Å². The first kappa shape index (κ1) is 14.1. The summed E-state index contributed by atoms with van der Waals surface area (Å²) in [6.07, 6.45) is 2.12. The number of carbonyl (C=O) groups is 1. The second-order valence-corrected chi connectivity index (χ2v) is 3.47. The number of nitrogens with zero attached hydrogens (tertiary/aromatic N) is 1. The molecular formula is C11H13N2NaO3. The summed E-state index contributed by atoms with van der Waals surface area (Å²) in [7, 11) is 0. The van der Waals surface area contributed by atoms with Gasteiger partial charge in [0.05, 0.1) is 12.8 Å². The number of nitrogens with two attached hydrogens (primary N) is 1. The fourth-order valence-corrected chi connectivity index (χ4v) is 1.56. The number of urea groups is 1. The number of hydrogen-bond acceptors (Lipinski definition) is 3. The van der Waals surface area contributed by atoms with Gasteiger partial charge in [-0.05, 0) is 12.5 Å². The summed E-state index contributed by atoms with van der Waals surface area (Å²) < 4.78 is 5.33. The molecule has 0 saturated carbocycles. The molecule has 0 atom stereocenters. The summed E-state index contributed by atoms with van der Waals surface area (Å²) in [5.41, 5.74) is 6.63. The van der Waals surface area contributed by atoms with E-state index >= 15 is 0 Å². The second kappa shape index (κ2) is 6.07. The Balaban J connectivity index is 0.00000144. The number of carbonyl (C=O) groups excluding carboxylic acids is 1. The van der Waals surface area contributed by atoms with E-state index in [9.17, 15) is 4.79 Å². The molecule has 0 aliphatic heterocycles. The zero-order valence-electron chi connectivity index (χ0n) is 8.59. The molecule has 0 radical (unpaired) electrons. The van der Waals surface area contributed by atoms with Gasteiger partial charge in [-0.3, -0.25) is 5.21 Å². The van der Waals surface area contributed by atoms with Gasteiger partial charge in [0.25, 0.3) is 0 Å². The molecule has 3 N–H and O–H groups in total. The molecule has 86 valence electrons. The number of rotatable bonds is 3. The van der Waals surface area contributed by atoms with Gasteiger partial charge in [-0.25, -0.2) is 9.86 Å². The Morgan fingerprint density at radius 2 is 2.12 bits per heavy atom. The van der Waals surface area contributed by atoms with E-state index in [0.717, 1.165) is 16.5 Å². The third-order valence-corrected chi connectivity index (χ3v) is 2.41. The first-order chi connectivity index (χ1) is 7.68. The van der Waals surface area contributed by atoms with Crippen molar-refractivity contribution >= 4 is 46.6 Å². The molecule has 0 spiro atoms. The Morgan fingerprint density at radius 3 is 2.82 bits per heavy atom. The van der Waals surface area contributed by atoms with Crippen LogP contribution in [0.2, 0.25) is 0 Å². The Hall–Kier alpha value is -1.01. The molecule has 0 bridgehead atoms. The number of hydrogen-bond donors (Lipinski definition) is 2. The molecule has 2 amide bonds. The molecular weight excluding hydrogens is 231 g/mol. The predicted molar refractivity (Wildman–Crippen MR) is 65.1 cm³/mol. The molecule has 2 rings (SSSR count). The minimum atomic E-state index is -0.854. The van der Waals surface area contributed by atoms with Gasteiger partial charge in [0.2, 0.25) is 0 Å². The zero-order chi connectivity index (χ0) is 11.5. The van der Waals surface area contributed by atoms with Gasteiger partial charge in [-0.2, -0.15) is 0 Å². The molecule has 17 heavy (non-hydrogen) atoms. The molecule has 0 fully saturated rings. The van der Waals surface area contributed by atoms with Crippen molar-refractivity contribution in [1.82, 2.24) is 5.06 Å². The third kappa shape index (κ3) is 3.23. The number of hydroxylamine groups is 2. The van der Waals surface area contributed by atoms with Crippen LogP contribution < -0.4 is 5.73 Å². The molecule has 0 unspecified atom stereocenters. The standard InChI is InChI=1S/C11H12N2O3.Na.H/c12-11(14)13(15)6-5-8-7-16-10-4-2-1-3-9(8)10;;/h1-4,7,15H,5-6H2,(H2,12,14);;. The van der Waals surface area contributed by atoms with Gasteiger partial charge in [0.15, 0.2) is 0 Å². The van der Waals surface area contributed by atoms with E-state index in [0.29, 0.717) is 11.5 Å². The summed E-state index contributed by atoms with van der Waals surface area (Å²) in [4.78, 5) is 10.6. The number of amides is 2. The van der Waals surface area contributed by atoms with E-state index in [-0.39, 0.29) is 36.1 Å². The van der Waals surface area contributed by atoms with Gasteiger partial charge >= 0.3 is 35.6 Å². The van der Waals surface area contributed by atoms with Crippen LogP contribution in [0.3, 0.4) is 0 Å². The van der Waals surface area contributed by atoms with Crippen LogP contribution in [-0.2, 0) is 6.42 Å². The van der Waals surface area contributed by atoms with Crippen molar-refractivity contribution in [3.8, 4) is 0 Å². The fourth-order valence-electron chi connectivity index (χ4n) is 1.56. The Bertz CT molecular complexity index is 512. The van der Waals surface area contributed by atoms with Crippen LogP contribution in [0.4, 0.5) is 4.79 Å². The second-order valence-electron chi connectivity index (χ2n) is 3.47. The molecule has 0 aliphatic carbocycles. The van der Waals surface area contributed by atoms with Crippen LogP contribution in [0.25, 0.3) is 11.0 Å². The molecule has 0 saturated heterocycles. The van der Waals surface area contributed by atoms with Crippen molar-refractivity contribution in [3.63, 3.8) is 0 Å². The maximum atomic E-state index is 10.6. The monoisotopic (exact) mass is 244 g/mol. The molecule has 1 aromatic carbocycles. The molecule has 6 heteroatoms. The molecule has 1 heterocycles. The topological polar surface area (TPSA) is 79.7 Å². The quantitative estimate of drug-likeness (QED) is 0.482. The number of furan rings is 1. The Morgan fingerprint density at radius 1 is 1.41 bits per heavy atom. The number of fused-ring (bicyclic) bond motifs is 1. The van der Waals surface area contributed by atoms with E-state index in [1.165, 1.54) is 0 Å². The normalized spacial score (nSPS) is 9.94. The summed E-state index contributed by atoms with van der Waals surface area (Å²) in [6.45, 7) is 0.152. The van der Waals surface area contributed by atoms with Crippen LogP contribution >= 0.6 is 0 Å².